The summed E-state index contributed by atoms with van der Waals surface area (Å²) in [5.41, 5.74) is 3.67. The van der Waals surface area contributed by atoms with Crippen LogP contribution in [0.2, 0.25) is 0 Å². The number of halogens is 1. The second-order valence-electron chi connectivity index (χ2n) is 5.54. The monoisotopic (exact) mass is 300 g/mol. The van der Waals surface area contributed by atoms with Crippen LogP contribution in [0, 0.1) is 12.7 Å². The van der Waals surface area contributed by atoms with E-state index in [2.05, 4.69) is 0 Å². The van der Waals surface area contributed by atoms with E-state index >= 15 is 0 Å². The lowest BCUT2D eigenvalue weighted by atomic mass is 9.91. The van der Waals surface area contributed by atoms with Crippen molar-refractivity contribution in [3.05, 3.63) is 64.0 Å². The maximum Gasteiger partial charge on any atom is 0.335 e. The molecule has 4 heteroatoms. The van der Waals surface area contributed by atoms with Crippen LogP contribution in [0.3, 0.4) is 0 Å². The van der Waals surface area contributed by atoms with E-state index in [0.717, 1.165) is 29.5 Å². The lowest BCUT2D eigenvalue weighted by Crippen LogP contribution is -2.13. The second-order valence-corrected chi connectivity index (χ2v) is 5.54. The van der Waals surface area contributed by atoms with Gasteiger partial charge in [0.25, 0.3) is 0 Å². The minimum absolute atomic E-state index is 0.260. The van der Waals surface area contributed by atoms with E-state index in [1.165, 1.54) is 6.07 Å². The topological polar surface area (TPSA) is 46.5 Å². The zero-order valence-corrected chi connectivity index (χ0v) is 12.4. The molecule has 0 aliphatic carbocycles. The van der Waals surface area contributed by atoms with E-state index in [4.69, 9.17) is 4.74 Å². The number of carbonyl (C=O) groups is 1. The average molecular weight is 300 g/mol. The van der Waals surface area contributed by atoms with Crippen molar-refractivity contribution in [3.8, 4) is 5.75 Å². The Bertz CT molecular complexity index is 737. The molecule has 0 saturated heterocycles. The van der Waals surface area contributed by atoms with E-state index in [9.17, 15) is 14.3 Å². The zero-order valence-electron chi connectivity index (χ0n) is 12.4. The minimum Gasteiger partial charge on any atom is -0.490 e. The molecular formula is C18H17FO3. The van der Waals surface area contributed by atoms with Gasteiger partial charge in [0.15, 0.2) is 11.6 Å². The Morgan fingerprint density at radius 3 is 2.86 bits per heavy atom. The molecule has 1 heterocycles. The maximum absolute atomic E-state index is 14.2. The van der Waals surface area contributed by atoms with Gasteiger partial charge in [-0.15, -0.1) is 0 Å². The molecule has 1 aliphatic rings. The summed E-state index contributed by atoms with van der Waals surface area (Å²) in [5, 5.41) is 9.27. The summed E-state index contributed by atoms with van der Waals surface area (Å²) in [6.07, 6.45) is 2.08. The quantitative estimate of drug-likeness (QED) is 0.939. The van der Waals surface area contributed by atoms with E-state index in [1.807, 2.05) is 6.92 Å². The molecule has 0 bridgehead atoms. The summed E-state index contributed by atoms with van der Waals surface area (Å²) in [6, 6.07) is 8.32. The van der Waals surface area contributed by atoms with Gasteiger partial charge in [0.2, 0.25) is 0 Å². The van der Waals surface area contributed by atoms with Gasteiger partial charge in [-0.2, -0.15) is 0 Å². The van der Waals surface area contributed by atoms with Gasteiger partial charge in [-0.05, 0) is 55.0 Å². The highest BCUT2D eigenvalue weighted by molar-refractivity contribution is 5.89. The molecule has 0 fully saturated rings. The smallest absolute Gasteiger partial charge is 0.335 e. The highest BCUT2D eigenvalue weighted by Gasteiger charge is 2.21. The first-order valence-electron chi connectivity index (χ1n) is 7.32. The van der Waals surface area contributed by atoms with Crippen LogP contribution < -0.4 is 4.74 Å². The van der Waals surface area contributed by atoms with Crippen LogP contribution in [-0.2, 0) is 12.8 Å². The van der Waals surface area contributed by atoms with Gasteiger partial charge in [-0.3, -0.25) is 0 Å². The number of carboxylic acid groups (broad SMARTS) is 1. The molecular weight excluding hydrogens is 283 g/mol. The molecule has 1 aliphatic heterocycles. The Hall–Kier alpha value is -2.36. The summed E-state index contributed by atoms with van der Waals surface area (Å²) in [7, 11) is 0. The second kappa shape index (κ2) is 5.79. The largest absolute Gasteiger partial charge is 0.490 e. The van der Waals surface area contributed by atoms with Gasteiger partial charge in [0.1, 0.15) is 0 Å². The molecule has 0 amide bonds. The van der Waals surface area contributed by atoms with Crippen molar-refractivity contribution in [2.75, 3.05) is 6.61 Å². The molecule has 0 radical (unpaired) electrons. The summed E-state index contributed by atoms with van der Waals surface area (Å²) >= 11 is 0. The fourth-order valence-corrected chi connectivity index (χ4v) is 2.99. The fourth-order valence-electron chi connectivity index (χ4n) is 2.99. The van der Waals surface area contributed by atoms with E-state index in [1.54, 1.807) is 24.3 Å². The number of benzene rings is 2. The number of carboxylic acids is 1. The van der Waals surface area contributed by atoms with Crippen LogP contribution >= 0.6 is 0 Å². The number of fused-ring (bicyclic) bond motifs is 1. The first kappa shape index (κ1) is 14.6. The lowest BCUT2D eigenvalue weighted by molar-refractivity contribution is 0.0696. The SMILES string of the molecule is Cc1c(Cc2ccccc2C(=O)O)cc(F)c2c1CCCO2. The van der Waals surface area contributed by atoms with Crippen molar-refractivity contribution < 1.29 is 19.0 Å². The molecule has 114 valence electrons. The first-order valence-corrected chi connectivity index (χ1v) is 7.32. The van der Waals surface area contributed by atoms with Crippen LogP contribution in [0.4, 0.5) is 4.39 Å². The highest BCUT2D eigenvalue weighted by atomic mass is 19.1. The summed E-state index contributed by atoms with van der Waals surface area (Å²) in [5.74, 6) is -0.961. The molecule has 1 N–H and O–H groups in total. The normalized spacial score (nSPS) is 13.4. The van der Waals surface area contributed by atoms with E-state index in [-0.39, 0.29) is 11.4 Å². The number of aromatic carboxylic acids is 1. The third kappa shape index (κ3) is 2.56. The molecule has 3 rings (SSSR count). The van der Waals surface area contributed by atoms with Gasteiger partial charge in [-0.1, -0.05) is 18.2 Å². The molecule has 0 atom stereocenters. The minimum atomic E-state index is -0.963. The van der Waals surface area contributed by atoms with Gasteiger partial charge >= 0.3 is 5.97 Å². The Kier molecular flexibility index (Phi) is 3.84. The van der Waals surface area contributed by atoms with Crippen molar-refractivity contribution >= 4 is 5.97 Å². The third-order valence-electron chi connectivity index (χ3n) is 4.17. The number of ether oxygens (including phenoxy) is 1. The van der Waals surface area contributed by atoms with Crippen LogP contribution in [0.15, 0.2) is 30.3 Å². The summed E-state index contributed by atoms with van der Waals surface area (Å²) in [6.45, 7) is 2.50. The molecule has 22 heavy (non-hydrogen) atoms. The molecule has 2 aromatic carbocycles. The Labute approximate surface area is 128 Å². The van der Waals surface area contributed by atoms with Crippen molar-refractivity contribution in [2.45, 2.75) is 26.2 Å². The first-order chi connectivity index (χ1) is 10.6. The number of rotatable bonds is 3. The van der Waals surface area contributed by atoms with Crippen molar-refractivity contribution in [2.24, 2.45) is 0 Å². The van der Waals surface area contributed by atoms with Gasteiger partial charge in [0, 0.05) is 5.56 Å². The lowest BCUT2D eigenvalue weighted by Gasteiger charge is -2.22. The molecule has 0 aromatic heterocycles. The summed E-state index contributed by atoms with van der Waals surface area (Å²) < 4.78 is 19.7. The Balaban J connectivity index is 2.04. The molecule has 2 aromatic rings. The van der Waals surface area contributed by atoms with Crippen LogP contribution in [0.1, 0.15) is 39.0 Å². The molecule has 0 saturated carbocycles. The fraction of sp³-hybridized carbons (Fsp3) is 0.278. The Morgan fingerprint density at radius 2 is 2.09 bits per heavy atom. The molecule has 3 nitrogen and oxygen atoms in total. The molecule has 0 unspecified atom stereocenters. The molecule has 0 spiro atoms. The number of hydrogen-bond donors (Lipinski definition) is 1. The van der Waals surface area contributed by atoms with E-state index in [0.29, 0.717) is 24.3 Å². The Morgan fingerprint density at radius 1 is 1.32 bits per heavy atom. The zero-order chi connectivity index (χ0) is 15.7. The van der Waals surface area contributed by atoms with Crippen molar-refractivity contribution in [3.63, 3.8) is 0 Å². The number of hydrogen-bond acceptors (Lipinski definition) is 2. The highest BCUT2D eigenvalue weighted by Crippen LogP contribution is 2.34. The van der Waals surface area contributed by atoms with Gasteiger partial charge < -0.3 is 9.84 Å². The summed E-state index contributed by atoms with van der Waals surface area (Å²) in [4.78, 5) is 11.3. The van der Waals surface area contributed by atoms with Crippen molar-refractivity contribution in [1.29, 1.82) is 0 Å². The average Bonchev–Trinajstić information content (AvgIpc) is 2.53. The predicted octanol–water partition coefficient (Wildman–Crippen LogP) is 3.75. The van der Waals surface area contributed by atoms with Gasteiger partial charge in [-0.25, -0.2) is 9.18 Å². The van der Waals surface area contributed by atoms with Crippen LogP contribution in [-0.4, -0.2) is 17.7 Å². The predicted molar refractivity (Wildman–Crippen MR) is 81.2 cm³/mol. The third-order valence-corrected chi connectivity index (χ3v) is 4.17. The van der Waals surface area contributed by atoms with Crippen LogP contribution in [0.25, 0.3) is 0 Å². The van der Waals surface area contributed by atoms with Crippen molar-refractivity contribution in [1.82, 2.24) is 0 Å². The standard InChI is InChI=1S/C18H17FO3/c1-11-13(9-12-5-2-3-6-15(12)18(20)21)10-16(19)17-14(11)7-4-8-22-17/h2-3,5-6,10H,4,7-9H2,1H3,(H,20,21). The van der Waals surface area contributed by atoms with Crippen LogP contribution in [0.5, 0.6) is 5.75 Å². The van der Waals surface area contributed by atoms with E-state index < -0.39 is 5.97 Å². The maximum atomic E-state index is 14.2. The van der Waals surface area contributed by atoms with Gasteiger partial charge in [0.05, 0.1) is 12.2 Å².